The van der Waals surface area contributed by atoms with Gasteiger partial charge in [-0.2, -0.15) is 0 Å². The smallest absolute Gasteiger partial charge is 0.139 e. The van der Waals surface area contributed by atoms with Crippen LogP contribution in [-0.2, 0) is 4.79 Å². The number of rotatable bonds is 7. The van der Waals surface area contributed by atoms with Crippen molar-refractivity contribution in [1.29, 1.82) is 0 Å². The first-order chi connectivity index (χ1) is 8.67. The molecule has 0 bridgehead atoms. The maximum Gasteiger partial charge on any atom is 0.139 e. The third kappa shape index (κ3) is 3.42. The van der Waals surface area contributed by atoms with Crippen LogP contribution in [0.3, 0.4) is 0 Å². The molecule has 0 heterocycles. The first kappa shape index (κ1) is 14.9. The minimum atomic E-state index is 0.0992. The summed E-state index contributed by atoms with van der Waals surface area (Å²) in [6.45, 7) is 3.99. The van der Waals surface area contributed by atoms with E-state index in [1.54, 1.807) is 26.0 Å². The molecule has 0 saturated carbocycles. The van der Waals surface area contributed by atoms with Crippen molar-refractivity contribution in [2.75, 3.05) is 20.0 Å². The van der Waals surface area contributed by atoms with Gasteiger partial charge in [0.15, 0.2) is 0 Å². The van der Waals surface area contributed by atoms with Crippen molar-refractivity contribution in [1.82, 2.24) is 0 Å². The van der Waals surface area contributed by atoms with Gasteiger partial charge in [0.05, 0.1) is 14.2 Å². The third-order valence-electron chi connectivity index (χ3n) is 2.91. The average molecular weight is 268 g/mol. The molecule has 0 aromatic heterocycles. The maximum atomic E-state index is 10.8. The number of benzene rings is 1. The van der Waals surface area contributed by atoms with Crippen LogP contribution in [0, 0.1) is 12.8 Å². The van der Waals surface area contributed by atoms with Gasteiger partial charge in [-0.3, -0.25) is 0 Å². The Hall–Kier alpha value is -1.16. The number of hydrogen-bond donors (Lipinski definition) is 0. The Balaban J connectivity index is 2.89. The summed E-state index contributed by atoms with van der Waals surface area (Å²) >= 11 is 1.65. The molecule has 1 rings (SSSR count). The number of thioether (sulfide) groups is 1. The van der Waals surface area contributed by atoms with Gasteiger partial charge in [-0.05, 0) is 25.5 Å². The molecule has 1 aromatic rings. The van der Waals surface area contributed by atoms with Crippen LogP contribution in [0.25, 0.3) is 0 Å². The molecule has 1 aromatic carbocycles. The highest BCUT2D eigenvalue weighted by Gasteiger charge is 2.13. The molecule has 0 aliphatic rings. The molecule has 18 heavy (non-hydrogen) atoms. The second-order valence-corrected chi connectivity index (χ2v) is 5.10. The van der Waals surface area contributed by atoms with Gasteiger partial charge in [0.2, 0.25) is 0 Å². The first-order valence-electron chi connectivity index (χ1n) is 5.97. The van der Waals surface area contributed by atoms with Crippen LogP contribution in [0.4, 0.5) is 0 Å². The Bertz CT molecular complexity index is 404. The van der Waals surface area contributed by atoms with E-state index in [-0.39, 0.29) is 5.92 Å². The summed E-state index contributed by atoms with van der Waals surface area (Å²) < 4.78 is 10.7. The Kier molecular flexibility index (Phi) is 6.05. The van der Waals surface area contributed by atoms with E-state index in [2.05, 4.69) is 0 Å². The molecule has 0 spiro atoms. The fraction of sp³-hybridized carbons (Fsp3) is 0.500. The minimum absolute atomic E-state index is 0.0992. The average Bonchev–Trinajstić information content (AvgIpc) is 2.40. The Labute approximate surface area is 113 Å². The van der Waals surface area contributed by atoms with Gasteiger partial charge in [0.25, 0.3) is 0 Å². The summed E-state index contributed by atoms with van der Waals surface area (Å²) in [5.41, 5.74) is 0.990. The van der Waals surface area contributed by atoms with Crippen molar-refractivity contribution in [2.24, 2.45) is 5.92 Å². The molecule has 100 valence electrons. The van der Waals surface area contributed by atoms with E-state index < -0.39 is 0 Å². The number of methoxy groups -OCH3 is 2. The predicted octanol–water partition coefficient (Wildman–Crippen LogP) is 3.33. The normalized spacial score (nSPS) is 12.0. The van der Waals surface area contributed by atoms with E-state index in [0.29, 0.717) is 0 Å². The van der Waals surface area contributed by atoms with Crippen molar-refractivity contribution in [3.05, 3.63) is 17.7 Å². The monoisotopic (exact) mass is 268 g/mol. The number of aldehydes is 1. The molecule has 0 aliphatic heterocycles. The van der Waals surface area contributed by atoms with E-state index in [1.807, 2.05) is 26.0 Å². The van der Waals surface area contributed by atoms with Gasteiger partial charge in [0.1, 0.15) is 17.8 Å². The van der Waals surface area contributed by atoms with Crippen molar-refractivity contribution >= 4 is 18.0 Å². The molecule has 3 nitrogen and oxygen atoms in total. The maximum absolute atomic E-state index is 10.8. The SMILES string of the molecule is CC[C@@H](C=O)CSc1ccc(OC)c(C)c1OC. The fourth-order valence-electron chi connectivity index (χ4n) is 1.69. The molecule has 0 aliphatic carbocycles. The largest absolute Gasteiger partial charge is 0.496 e. The highest BCUT2D eigenvalue weighted by molar-refractivity contribution is 7.99. The van der Waals surface area contributed by atoms with Gasteiger partial charge < -0.3 is 14.3 Å². The summed E-state index contributed by atoms with van der Waals surface area (Å²) in [5, 5.41) is 0. The van der Waals surface area contributed by atoms with Gasteiger partial charge in [-0.1, -0.05) is 6.92 Å². The molecule has 0 amide bonds. The van der Waals surface area contributed by atoms with Crippen LogP contribution in [0.15, 0.2) is 17.0 Å². The van der Waals surface area contributed by atoms with E-state index >= 15 is 0 Å². The third-order valence-corrected chi connectivity index (χ3v) is 4.14. The lowest BCUT2D eigenvalue weighted by Gasteiger charge is -2.15. The van der Waals surface area contributed by atoms with Crippen LogP contribution in [-0.4, -0.2) is 26.3 Å². The molecule has 0 N–H and O–H groups in total. The van der Waals surface area contributed by atoms with Gasteiger partial charge in [-0.25, -0.2) is 0 Å². The van der Waals surface area contributed by atoms with E-state index in [0.717, 1.165) is 40.4 Å². The number of ether oxygens (including phenoxy) is 2. The zero-order valence-electron chi connectivity index (χ0n) is 11.4. The molecule has 0 unspecified atom stereocenters. The quantitative estimate of drug-likeness (QED) is 0.561. The Morgan fingerprint density at radius 1 is 1.33 bits per heavy atom. The number of carbonyl (C=O) groups excluding carboxylic acids is 1. The number of carbonyl (C=O) groups is 1. The van der Waals surface area contributed by atoms with E-state index in [9.17, 15) is 4.79 Å². The lowest BCUT2D eigenvalue weighted by molar-refractivity contribution is -0.110. The minimum Gasteiger partial charge on any atom is -0.496 e. The summed E-state index contributed by atoms with van der Waals surface area (Å²) in [6.07, 6.45) is 1.89. The fourth-order valence-corrected chi connectivity index (χ4v) is 2.93. The standard InChI is InChI=1S/C14H20O3S/c1-5-11(8-15)9-18-13-7-6-12(16-3)10(2)14(13)17-4/h6-8,11H,5,9H2,1-4H3/t11-/m0/s1. The van der Waals surface area contributed by atoms with Crippen molar-refractivity contribution in [3.63, 3.8) is 0 Å². The predicted molar refractivity (Wildman–Crippen MR) is 74.9 cm³/mol. The van der Waals surface area contributed by atoms with Gasteiger partial charge in [0, 0.05) is 22.1 Å². The molecule has 0 saturated heterocycles. The van der Waals surface area contributed by atoms with Crippen LogP contribution < -0.4 is 9.47 Å². The summed E-state index contributed by atoms with van der Waals surface area (Å²) in [6, 6.07) is 3.91. The summed E-state index contributed by atoms with van der Waals surface area (Å²) in [5.74, 6) is 2.53. The van der Waals surface area contributed by atoms with Crippen LogP contribution >= 0.6 is 11.8 Å². The molecule has 1 atom stereocenters. The lowest BCUT2D eigenvalue weighted by Crippen LogP contribution is -2.03. The molecular formula is C14H20O3S. The highest BCUT2D eigenvalue weighted by Crippen LogP contribution is 2.37. The van der Waals surface area contributed by atoms with Crippen LogP contribution in [0.2, 0.25) is 0 Å². The number of hydrogen-bond acceptors (Lipinski definition) is 4. The Morgan fingerprint density at radius 2 is 2.06 bits per heavy atom. The van der Waals surface area contributed by atoms with Crippen molar-refractivity contribution < 1.29 is 14.3 Å². The van der Waals surface area contributed by atoms with Gasteiger partial charge >= 0.3 is 0 Å². The van der Waals surface area contributed by atoms with Crippen LogP contribution in [0.5, 0.6) is 11.5 Å². The first-order valence-corrected chi connectivity index (χ1v) is 6.96. The van der Waals surface area contributed by atoms with Crippen molar-refractivity contribution in [2.45, 2.75) is 25.2 Å². The van der Waals surface area contributed by atoms with Crippen molar-refractivity contribution in [3.8, 4) is 11.5 Å². The van der Waals surface area contributed by atoms with E-state index in [4.69, 9.17) is 9.47 Å². The second kappa shape index (κ2) is 7.31. The van der Waals surface area contributed by atoms with E-state index in [1.165, 1.54) is 0 Å². The highest BCUT2D eigenvalue weighted by atomic mass is 32.2. The summed E-state index contributed by atoms with van der Waals surface area (Å²) in [7, 11) is 3.30. The zero-order chi connectivity index (χ0) is 13.5. The topological polar surface area (TPSA) is 35.5 Å². The van der Waals surface area contributed by atoms with Crippen LogP contribution in [0.1, 0.15) is 18.9 Å². The molecule has 4 heteroatoms. The molecule has 0 radical (unpaired) electrons. The second-order valence-electron chi connectivity index (χ2n) is 4.04. The summed E-state index contributed by atoms with van der Waals surface area (Å²) in [4.78, 5) is 11.9. The molecular weight excluding hydrogens is 248 g/mol. The van der Waals surface area contributed by atoms with Gasteiger partial charge in [-0.15, -0.1) is 11.8 Å². The Morgan fingerprint density at radius 3 is 2.56 bits per heavy atom. The zero-order valence-corrected chi connectivity index (χ0v) is 12.2. The molecule has 0 fully saturated rings. The lowest BCUT2D eigenvalue weighted by atomic mass is 10.1.